The van der Waals surface area contributed by atoms with Crippen LogP contribution < -0.4 is 5.32 Å². The topological polar surface area (TPSA) is 15.3 Å². The van der Waals surface area contributed by atoms with Crippen molar-refractivity contribution in [3.63, 3.8) is 0 Å². The van der Waals surface area contributed by atoms with Crippen molar-refractivity contribution in [2.45, 2.75) is 52.0 Å². The van der Waals surface area contributed by atoms with Crippen LogP contribution in [0.2, 0.25) is 0 Å². The average Bonchev–Trinajstić information content (AvgIpc) is 3.27. The second kappa shape index (κ2) is 7.95. The van der Waals surface area contributed by atoms with Crippen molar-refractivity contribution < 1.29 is 0 Å². The third-order valence-electron chi connectivity index (χ3n) is 4.41. The van der Waals surface area contributed by atoms with E-state index in [4.69, 9.17) is 0 Å². The molecule has 21 heavy (non-hydrogen) atoms. The minimum absolute atomic E-state index is 0.454. The lowest BCUT2D eigenvalue weighted by Gasteiger charge is -2.26. The normalized spacial score (nSPS) is 16.7. The molecule has 0 aromatic heterocycles. The minimum atomic E-state index is 0.454. The molecule has 0 radical (unpaired) electrons. The maximum absolute atomic E-state index is 3.72. The van der Waals surface area contributed by atoms with Gasteiger partial charge in [0.2, 0.25) is 0 Å². The molecule has 0 amide bonds. The predicted molar refractivity (Wildman–Crippen MR) is 91.8 cm³/mol. The number of nitrogens with one attached hydrogen (secondary N) is 1. The van der Waals surface area contributed by atoms with Gasteiger partial charge in [0.15, 0.2) is 0 Å². The summed E-state index contributed by atoms with van der Waals surface area (Å²) in [4.78, 5) is 2.50. The quantitative estimate of drug-likeness (QED) is 0.733. The fourth-order valence-electron chi connectivity index (χ4n) is 2.85. The molecule has 1 aliphatic carbocycles. The van der Waals surface area contributed by atoms with Gasteiger partial charge in [0.25, 0.3) is 0 Å². The van der Waals surface area contributed by atoms with E-state index in [2.05, 4.69) is 62.3 Å². The molecule has 118 valence electrons. The molecule has 1 unspecified atom stereocenters. The largest absolute Gasteiger partial charge is 0.309 e. The number of rotatable bonds is 9. The molecule has 1 fully saturated rings. The van der Waals surface area contributed by atoms with Crippen LogP contribution in [0, 0.1) is 5.92 Å². The van der Waals surface area contributed by atoms with Gasteiger partial charge in [-0.1, -0.05) is 45.0 Å². The predicted octanol–water partition coefficient (Wildman–Crippen LogP) is 4.19. The molecule has 1 aromatic carbocycles. The Morgan fingerprint density at radius 2 is 1.76 bits per heavy atom. The summed E-state index contributed by atoms with van der Waals surface area (Å²) in [5, 5.41) is 3.72. The molecule has 1 aliphatic rings. The van der Waals surface area contributed by atoms with Crippen LogP contribution in [-0.4, -0.2) is 31.6 Å². The zero-order chi connectivity index (χ0) is 15.2. The van der Waals surface area contributed by atoms with E-state index in [1.54, 1.807) is 0 Å². The molecule has 2 nitrogen and oxygen atoms in total. The van der Waals surface area contributed by atoms with Crippen molar-refractivity contribution in [2.24, 2.45) is 5.92 Å². The number of hydrogen-bond acceptors (Lipinski definition) is 2. The summed E-state index contributed by atoms with van der Waals surface area (Å²) in [6.07, 6.45) is 4.05. The van der Waals surface area contributed by atoms with Gasteiger partial charge in [0.1, 0.15) is 0 Å². The average molecular weight is 288 g/mol. The van der Waals surface area contributed by atoms with Crippen molar-refractivity contribution >= 4 is 0 Å². The highest BCUT2D eigenvalue weighted by atomic mass is 15.1. The number of nitrogens with zero attached hydrogens (tertiary/aromatic N) is 1. The Labute approximate surface area is 130 Å². The van der Waals surface area contributed by atoms with E-state index in [1.165, 1.54) is 36.9 Å². The Balaban J connectivity index is 1.99. The molecule has 2 rings (SSSR count). The first kappa shape index (κ1) is 16.5. The highest BCUT2D eigenvalue weighted by Gasteiger charge is 2.24. The SMILES string of the molecule is CCCNC(CN(C)CC1CC1)c1ccc(C(C)C)cc1. The first-order valence-corrected chi connectivity index (χ1v) is 8.62. The van der Waals surface area contributed by atoms with Crippen LogP contribution in [-0.2, 0) is 0 Å². The van der Waals surface area contributed by atoms with Crippen molar-refractivity contribution in [3.8, 4) is 0 Å². The third-order valence-corrected chi connectivity index (χ3v) is 4.41. The summed E-state index contributed by atoms with van der Waals surface area (Å²) in [6.45, 7) is 10.2. The van der Waals surface area contributed by atoms with E-state index in [-0.39, 0.29) is 0 Å². The Bertz CT molecular complexity index is 406. The van der Waals surface area contributed by atoms with Gasteiger partial charge in [-0.3, -0.25) is 0 Å². The molecule has 0 bridgehead atoms. The molecule has 2 heteroatoms. The van der Waals surface area contributed by atoms with Gasteiger partial charge in [0.05, 0.1) is 0 Å². The highest BCUT2D eigenvalue weighted by molar-refractivity contribution is 5.27. The zero-order valence-electron chi connectivity index (χ0n) is 14.2. The molecule has 0 spiro atoms. The van der Waals surface area contributed by atoms with Gasteiger partial charge >= 0.3 is 0 Å². The fraction of sp³-hybridized carbons (Fsp3) is 0.684. The molecule has 0 saturated heterocycles. The van der Waals surface area contributed by atoms with Crippen LogP contribution in [0.15, 0.2) is 24.3 Å². The molecule has 1 saturated carbocycles. The lowest BCUT2D eigenvalue weighted by Crippen LogP contribution is -2.34. The summed E-state index contributed by atoms with van der Waals surface area (Å²) < 4.78 is 0. The molecule has 1 atom stereocenters. The Morgan fingerprint density at radius 1 is 1.14 bits per heavy atom. The van der Waals surface area contributed by atoms with Gasteiger partial charge < -0.3 is 10.2 Å². The van der Waals surface area contributed by atoms with E-state index >= 15 is 0 Å². The fourth-order valence-corrected chi connectivity index (χ4v) is 2.85. The highest BCUT2D eigenvalue weighted by Crippen LogP contribution is 2.30. The molecular weight excluding hydrogens is 256 g/mol. The third kappa shape index (κ3) is 5.44. The van der Waals surface area contributed by atoms with Crippen LogP contribution in [0.4, 0.5) is 0 Å². The summed E-state index contributed by atoms with van der Waals surface area (Å²) in [5.41, 5.74) is 2.86. The molecule has 0 aliphatic heterocycles. The lowest BCUT2D eigenvalue weighted by molar-refractivity contribution is 0.280. The second-order valence-electron chi connectivity index (χ2n) is 6.99. The molecule has 1 aromatic rings. The number of benzene rings is 1. The van der Waals surface area contributed by atoms with Gasteiger partial charge in [-0.2, -0.15) is 0 Å². The maximum Gasteiger partial charge on any atom is 0.0449 e. The Hall–Kier alpha value is -0.860. The van der Waals surface area contributed by atoms with Crippen LogP contribution in [0.5, 0.6) is 0 Å². The molecule has 1 N–H and O–H groups in total. The summed E-state index contributed by atoms with van der Waals surface area (Å²) in [7, 11) is 2.27. The van der Waals surface area contributed by atoms with Crippen molar-refractivity contribution in [1.29, 1.82) is 0 Å². The monoisotopic (exact) mass is 288 g/mol. The Morgan fingerprint density at radius 3 is 2.29 bits per heavy atom. The van der Waals surface area contributed by atoms with E-state index in [9.17, 15) is 0 Å². The minimum Gasteiger partial charge on any atom is -0.309 e. The first-order valence-electron chi connectivity index (χ1n) is 8.62. The standard InChI is InChI=1S/C19H32N2/c1-5-12-20-19(14-21(4)13-16-6-7-16)18-10-8-17(9-11-18)15(2)3/h8-11,15-16,19-20H,5-7,12-14H2,1-4H3. The number of likely N-dealkylation sites (N-methyl/N-ethyl adjacent to an activating group) is 1. The molecular formula is C19H32N2. The van der Waals surface area contributed by atoms with Gasteiger partial charge in [-0.25, -0.2) is 0 Å². The lowest BCUT2D eigenvalue weighted by atomic mass is 9.98. The van der Waals surface area contributed by atoms with Crippen molar-refractivity contribution in [3.05, 3.63) is 35.4 Å². The van der Waals surface area contributed by atoms with E-state index in [0.29, 0.717) is 12.0 Å². The van der Waals surface area contributed by atoms with Crippen LogP contribution >= 0.6 is 0 Å². The second-order valence-corrected chi connectivity index (χ2v) is 6.99. The van der Waals surface area contributed by atoms with Gasteiger partial charge in [0, 0.05) is 19.1 Å². The van der Waals surface area contributed by atoms with E-state index in [1.807, 2.05) is 0 Å². The summed E-state index contributed by atoms with van der Waals surface area (Å²) >= 11 is 0. The molecule has 0 heterocycles. The maximum atomic E-state index is 3.72. The summed E-state index contributed by atoms with van der Waals surface area (Å²) in [6, 6.07) is 9.67. The van der Waals surface area contributed by atoms with E-state index < -0.39 is 0 Å². The van der Waals surface area contributed by atoms with Crippen LogP contribution in [0.1, 0.15) is 63.1 Å². The van der Waals surface area contributed by atoms with Crippen LogP contribution in [0.25, 0.3) is 0 Å². The van der Waals surface area contributed by atoms with Crippen molar-refractivity contribution in [1.82, 2.24) is 10.2 Å². The smallest absolute Gasteiger partial charge is 0.0449 e. The van der Waals surface area contributed by atoms with Gasteiger partial charge in [-0.15, -0.1) is 0 Å². The van der Waals surface area contributed by atoms with Crippen LogP contribution in [0.3, 0.4) is 0 Å². The Kier molecular flexibility index (Phi) is 6.25. The van der Waals surface area contributed by atoms with E-state index in [0.717, 1.165) is 19.0 Å². The summed E-state index contributed by atoms with van der Waals surface area (Å²) in [5.74, 6) is 1.57. The first-order chi connectivity index (χ1) is 10.1. The number of hydrogen-bond donors (Lipinski definition) is 1. The zero-order valence-corrected chi connectivity index (χ0v) is 14.2. The van der Waals surface area contributed by atoms with Crippen molar-refractivity contribution in [2.75, 3.05) is 26.7 Å². The van der Waals surface area contributed by atoms with Gasteiger partial charge in [-0.05, 0) is 55.8 Å².